The molecule has 0 saturated heterocycles. The molecule has 1 unspecified atom stereocenters. The first kappa shape index (κ1) is 22.7. The summed E-state index contributed by atoms with van der Waals surface area (Å²) in [7, 11) is 0. The second-order valence-corrected chi connectivity index (χ2v) is 7.20. The highest BCUT2D eigenvalue weighted by atomic mass is 19.1. The van der Waals surface area contributed by atoms with Crippen LogP contribution in [-0.2, 0) is 20.7 Å². The van der Waals surface area contributed by atoms with Crippen LogP contribution < -0.4 is 10.6 Å². The van der Waals surface area contributed by atoms with E-state index < -0.39 is 36.2 Å². The van der Waals surface area contributed by atoms with Gasteiger partial charge in [0.25, 0.3) is 11.8 Å². The standard InChI is InChI=1S/C25H23FN2O4/c1-17-12-13-20(15-21(17)26)27-23(29)16-32-25(31)22(14-18-8-4-2-5-9-18)28-24(30)19-10-6-3-7-11-19/h2-13,15,22H,14,16H2,1H3,(H,27,29)(H,28,30). The molecule has 0 aliphatic carbocycles. The minimum atomic E-state index is -0.991. The number of nitrogens with one attached hydrogen (secondary N) is 2. The van der Waals surface area contributed by atoms with Crippen LogP contribution in [0.25, 0.3) is 0 Å². The van der Waals surface area contributed by atoms with E-state index in [9.17, 15) is 18.8 Å². The highest BCUT2D eigenvalue weighted by Gasteiger charge is 2.24. The van der Waals surface area contributed by atoms with Gasteiger partial charge in [0, 0.05) is 17.7 Å². The molecule has 32 heavy (non-hydrogen) atoms. The van der Waals surface area contributed by atoms with Crippen LogP contribution in [0.4, 0.5) is 10.1 Å². The molecule has 7 heteroatoms. The van der Waals surface area contributed by atoms with Gasteiger partial charge in [0.2, 0.25) is 0 Å². The van der Waals surface area contributed by atoms with Gasteiger partial charge in [-0.2, -0.15) is 0 Å². The maximum atomic E-state index is 13.6. The van der Waals surface area contributed by atoms with Crippen molar-refractivity contribution in [1.29, 1.82) is 0 Å². The first-order chi connectivity index (χ1) is 15.4. The van der Waals surface area contributed by atoms with Gasteiger partial charge in [-0.25, -0.2) is 9.18 Å². The molecule has 3 aromatic rings. The molecule has 6 nitrogen and oxygen atoms in total. The highest BCUT2D eigenvalue weighted by molar-refractivity contribution is 5.97. The molecule has 3 rings (SSSR count). The van der Waals surface area contributed by atoms with Gasteiger partial charge >= 0.3 is 5.97 Å². The molecule has 1 atom stereocenters. The van der Waals surface area contributed by atoms with E-state index in [0.29, 0.717) is 11.1 Å². The minimum absolute atomic E-state index is 0.197. The molecule has 2 N–H and O–H groups in total. The summed E-state index contributed by atoms with van der Waals surface area (Å²) in [6.45, 7) is 1.04. The highest BCUT2D eigenvalue weighted by Crippen LogP contribution is 2.13. The molecule has 0 radical (unpaired) electrons. The van der Waals surface area contributed by atoms with Crippen molar-refractivity contribution < 1.29 is 23.5 Å². The number of benzene rings is 3. The van der Waals surface area contributed by atoms with E-state index in [0.717, 1.165) is 5.56 Å². The molecule has 0 bridgehead atoms. The van der Waals surface area contributed by atoms with E-state index in [-0.39, 0.29) is 12.1 Å². The second kappa shape index (κ2) is 10.9. The first-order valence-electron chi connectivity index (χ1n) is 10.0. The lowest BCUT2D eigenvalue weighted by Crippen LogP contribution is -2.44. The van der Waals surface area contributed by atoms with Crippen LogP contribution in [0.1, 0.15) is 21.5 Å². The van der Waals surface area contributed by atoms with E-state index in [1.54, 1.807) is 43.3 Å². The SMILES string of the molecule is Cc1ccc(NC(=O)COC(=O)C(Cc2ccccc2)NC(=O)c2ccccc2)cc1F. The molecular weight excluding hydrogens is 411 g/mol. The Hall–Kier alpha value is -4.00. The third-order valence-corrected chi connectivity index (χ3v) is 4.71. The van der Waals surface area contributed by atoms with Crippen molar-refractivity contribution in [2.75, 3.05) is 11.9 Å². The summed E-state index contributed by atoms with van der Waals surface area (Å²) in [5.41, 5.74) is 1.93. The first-order valence-corrected chi connectivity index (χ1v) is 10.0. The van der Waals surface area contributed by atoms with E-state index in [4.69, 9.17) is 4.74 Å². The largest absolute Gasteiger partial charge is 0.454 e. The monoisotopic (exact) mass is 434 g/mol. The average molecular weight is 434 g/mol. The van der Waals surface area contributed by atoms with Gasteiger partial charge in [0.15, 0.2) is 6.61 Å². The summed E-state index contributed by atoms with van der Waals surface area (Å²) in [6.07, 6.45) is 0.197. The van der Waals surface area contributed by atoms with Gasteiger partial charge in [-0.05, 0) is 42.3 Å². The number of ether oxygens (including phenoxy) is 1. The van der Waals surface area contributed by atoms with Gasteiger partial charge in [0.1, 0.15) is 11.9 Å². The summed E-state index contributed by atoms with van der Waals surface area (Å²) < 4.78 is 18.8. The number of amides is 2. The zero-order valence-corrected chi connectivity index (χ0v) is 17.5. The van der Waals surface area contributed by atoms with Crippen LogP contribution in [-0.4, -0.2) is 30.4 Å². The van der Waals surface area contributed by atoms with Crippen LogP contribution in [0.15, 0.2) is 78.9 Å². The fraction of sp³-hybridized carbons (Fsp3) is 0.160. The van der Waals surface area contributed by atoms with Gasteiger partial charge in [-0.3, -0.25) is 9.59 Å². The Balaban J connectivity index is 1.63. The number of carbonyl (C=O) groups excluding carboxylic acids is 3. The van der Waals surface area contributed by atoms with E-state index in [2.05, 4.69) is 10.6 Å². The minimum Gasteiger partial charge on any atom is -0.454 e. The fourth-order valence-electron chi connectivity index (χ4n) is 2.98. The average Bonchev–Trinajstić information content (AvgIpc) is 2.80. The van der Waals surface area contributed by atoms with Crippen molar-refractivity contribution in [2.24, 2.45) is 0 Å². The summed E-state index contributed by atoms with van der Waals surface area (Å²) in [5, 5.41) is 5.15. The number of esters is 1. The Morgan fingerprint density at radius 3 is 2.25 bits per heavy atom. The number of anilines is 1. The Bertz CT molecular complexity index is 1090. The molecule has 0 fully saturated rings. The number of hydrogen-bond donors (Lipinski definition) is 2. The Morgan fingerprint density at radius 2 is 1.59 bits per heavy atom. The third-order valence-electron chi connectivity index (χ3n) is 4.71. The second-order valence-electron chi connectivity index (χ2n) is 7.20. The van der Waals surface area contributed by atoms with Gasteiger partial charge < -0.3 is 15.4 Å². The molecular formula is C25H23FN2O4. The molecule has 0 spiro atoms. The maximum absolute atomic E-state index is 13.6. The zero-order chi connectivity index (χ0) is 22.9. The normalized spacial score (nSPS) is 11.3. The lowest BCUT2D eigenvalue weighted by molar-refractivity contribution is -0.149. The molecule has 3 aromatic carbocycles. The summed E-state index contributed by atoms with van der Waals surface area (Å²) in [6, 6.07) is 20.9. The van der Waals surface area contributed by atoms with Crippen molar-refractivity contribution in [1.82, 2.24) is 5.32 Å². The summed E-state index contributed by atoms with van der Waals surface area (Å²) in [5.74, 6) is -2.24. The lowest BCUT2D eigenvalue weighted by Gasteiger charge is -2.18. The predicted molar refractivity (Wildman–Crippen MR) is 119 cm³/mol. The summed E-state index contributed by atoms with van der Waals surface area (Å²) >= 11 is 0. The van der Waals surface area contributed by atoms with Crippen molar-refractivity contribution >= 4 is 23.5 Å². The molecule has 2 amide bonds. The van der Waals surface area contributed by atoms with Crippen LogP contribution in [0, 0.1) is 12.7 Å². The zero-order valence-electron chi connectivity index (χ0n) is 17.5. The predicted octanol–water partition coefficient (Wildman–Crippen LogP) is 3.66. The number of rotatable bonds is 8. The lowest BCUT2D eigenvalue weighted by atomic mass is 10.1. The van der Waals surface area contributed by atoms with Gasteiger partial charge in [0.05, 0.1) is 0 Å². The number of aryl methyl sites for hydroxylation is 1. The Kier molecular flexibility index (Phi) is 7.70. The van der Waals surface area contributed by atoms with Crippen molar-refractivity contribution in [3.05, 3.63) is 101 Å². The van der Waals surface area contributed by atoms with Gasteiger partial charge in [-0.1, -0.05) is 54.6 Å². The molecule has 0 aromatic heterocycles. The molecule has 0 heterocycles. The molecule has 164 valence electrons. The van der Waals surface area contributed by atoms with Crippen molar-refractivity contribution in [3.8, 4) is 0 Å². The Morgan fingerprint density at radius 1 is 0.938 bits per heavy atom. The molecule has 0 aliphatic rings. The quantitative estimate of drug-likeness (QED) is 0.530. The maximum Gasteiger partial charge on any atom is 0.329 e. The molecule has 0 aliphatic heterocycles. The number of halogens is 1. The van der Waals surface area contributed by atoms with Crippen LogP contribution in [0.3, 0.4) is 0 Å². The Labute approximate surface area is 185 Å². The smallest absolute Gasteiger partial charge is 0.329 e. The van der Waals surface area contributed by atoms with E-state index >= 15 is 0 Å². The van der Waals surface area contributed by atoms with Crippen LogP contribution >= 0.6 is 0 Å². The number of hydrogen-bond acceptors (Lipinski definition) is 4. The van der Waals surface area contributed by atoms with Crippen molar-refractivity contribution in [2.45, 2.75) is 19.4 Å². The number of carbonyl (C=O) groups is 3. The van der Waals surface area contributed by atoms with E-state index in [1.807, 2.05) is 30.3 Å². The molecule has 0 saturated carbocycles. The fourth-order valence-corrected chi connectivity index (χ4v) is 2.98. The van der Waals surface area contributed by atoms with E-state index in [1.165, 1.54) is 12.1 Å². The summed E-state index contributed by atoms with van der Waals surface area (Å²) in [4.78, 5) is 37.4. The third kappa shape index (κ3) is 6.50. The van der Waals surface area contributed by atoms with Crippen LogP contribution in [0.2, 0.25) is 0 Å². The van der Waals surface area contributed by atoms with Gasteiger partial charge in [-0.15, -0.1) is 0 Å². The van der Waals surface area contributed by atoms with Crippen LogP contribution in [0.5, 0.6) is 0 Å². The topological polar surface area (TPSA) is 84.5 Å². The van der Waals surface area contributed by atoms with Crippen molar-refractivity contribution in [3.63, 3.8) is 0 Å².